The molecule has 1 amide bonds. The number of hydrogen-bond donors (Lipinski definition) is 4. The van der Waals surface area contributed by atoms with Crippen molar-refractivity contribution in [1.82, 2.24) is 19.6 Å². The van der Waals surface area contributed by atoms with Crippen molar-refractivity contribution in [2.75, 3.05) is 54.5 Å². The molecule has 17 heteroatoms. The summed E-state index contributed by atoms with van der Waals surface area (Å²) in [4.78, 5) is 41.1. The lowest BCUT2D eigenvalue weighted by atomic mass is 9.59. The Bertz CT molecular complexity index is 2880. The average molecular weight is 959 g/mol. The molecule has 0 radical (unpaired) electrons. The number of nitrogens with zero attached hydrogens (tertiary/aromatic N) is 5. The molecule has 1 spiro atoms. The van der Waals surface area contributed by atoms with Crippen LogP contribution in [0.25, 0.3) is 11.0 Å². The van der Waals surface area contributed by atoms with Gasteiger partial charge in [0.1, 0.15) is 23.1 Å². The van der Waals surface area contributed by atoms with Crippen molar-refractivity contribution < 1.29 is 32.7 Å². The summed E-state index contributed by atoms with van der Waals surface area (Å²) in [6.07, 6.45) is 12.2. The van der Waals surface area contributed by atoms with Crippen LogP contribution >= 0.6 is 0 Å². The number of H-pyrrole nitrogens is 1. The highest BCUT2D eigenvalue weighted by Gasteiger charge is 2.50. The standard InChI is InChI=1S/C52H62N8O8S/c1-3-34-7-4-5-8-39(34)42-9-6-22-58(42)37-28-52(29-37)19-23-57(24-20-52)36-10-12-40(43(26-36)59-45-25-35-16-21-53-48(35)55-50(45)68-47-32-67-31-46(47)59)49(61)56-69(65,66)38-11-13-41(44(27-38)60(63)64)54-30-33-14-17-51(2,62)18-15-33/h4-5,7-8,10-13,16,21,25-27,33,37,42,46-47,54,62H,3,6,9,14-15,17-20,22-24,28-32H2,1-2H3,(H,53,55)(H,56,61)/t33?,42-,46-,47+,51?/m0/s1. The Morgan fingerprint density at radius 3 is 2.55 bits per heavy atom. The monoisotopic (exact) mass is 958 g/mol. The predicted octanol–water partition coefficient (Wildman–Crippen LogP) is 8.39. The van der Waals surface area contributed by atoms with Crippen molar-refractivity contribution in [3.63, 3.8) is 0 Å². The Labute approximate surface area is 403 Å². The smallest absolute Gasteiger partial charge is 0.293 e. The van der Waals surface area contributed by atoms with Crippen LogP contribution < -0.4 is 24.6 Å². The summed E-state index contributed by atoms with van der Waals surface area (Å²) in [7, 11) is -4.61. The molecule has 4 aliphatic heterocycles. The molecule has 3 aromatic carbocycles. The molecular formula is C52H62N8O8S. The molecule has 5 aromatic rings. The Kier molecular flexibility index (Phi) is 11.8. The number of aryl methyl sites for hydroxylation is 1. The number of aromatic nitrogens is 2. The molecule has 3 atom stereocenters. The highest BCUT2D eigenvalue weighted by atomic mass is 32.2. The first-order valence-corrected chi connectivity index (χ1v) is 26.3. The molecule has 69 heavy (non-hydrogen) atoms. The van der Waals surface area contributed by atoms with E-state index < -0.39 is 43.1 Å². The Hall–Kier alpha value is -5.75. The molecule has 2 aromatic heterocycles. The first-order valence-electron chi connectivity index (χ1n) is 24.8. The Morgan fingerprint density at radius 1 is 0.971 bits per heavy atom. The van der Waals surface area contributed by atoms with Crippen LogP contribution in [-0.4, -0.2) is 102 Å². The number of aromatic amines is 1. The molecule has 11 rings (SSSR count). The van der Waals surface area contributed by atoms with Gasteiger partial charge >= 0.3 is 0 Å². The first kappa shape index (κ1) is 45.7. The van der Waals surface area contributed by atoms with Gasteiger partial charge in [-0.1, -0.05) is 31.2 Å². The van der Waals surface area contributed by atoms with E-state index in [9.17, 15) is 28.4 Å². The van der Waals surface area contributed by atoms with E-state index in [1.807, 2.05) is 36.1 Å². The second kappa shape index (κ2) is 17.9. The molecular weight excluding hydrogens is 897 g/mol. The van der Waals surface area contributed by atoms with E-state index in [1.54, 1.807) is 12.3 Å². The van der Waals surface area contributed by atoms with Crippen LogP contribution in [-0.2, 0) is 21.2 Å². The normalized spacial score (nSPS) is 25.8. The van der Waals surface area contributed by atoms with E-state index in [4.69, 9.17) is 14.5 Å². The third kappa shape index (κ3) is 8.69. The van der Waals surface area contributed by atoms with Gasteiger partial charge < -0.3 is 34.7 Å². The first-order chi connectivity index (χ1) is 33.3. The van der Waals surface area contributed by atoms with Crippen LogP contribution in [0.15, 0.2) is 83.9 Å². The number of anilines is 4. The van der Waals surface area contributed by atoms with Gasteiger partial charge in [-0.2, -0.15) is 4.98 Å². The van der Waals surface area contributed by atoms with Gasteiger partial charge in [-0.15, -0.1) is 0 Å². The van der Waals surface area contributed by atoms with E-state index >= 15 is 0 Å². The van der Waals surface area contributed by atoms with Crippen LogP contribution in [0.5, 0.6) is 5.88 Å². The summed E-state index contributed by atoms with van der Waals surface area (Å²) in [6, 6.07) is 22.8. The molecule has 0 unspecified atom stereocenters. The maximum atomic E-state index is 14.6. The highest BCUT2D eigenvalue weighted by molar-refractivity contribution is 7.90. The highest BCUT2D eigenvalue weighted by Crippen LogP contribution is 2.54. The molecule has 5 fully saturated rings. The number of rotatable bonds is 12. The number of sulfonamides is 1. The van der Waals surface area contributed by atoms with Crippen molar-refractivity contribution in [3.05, 3.63) is 106 Å². The minimum absolute atomic E-state index is 0.106. The predicted molar refractivity (Wildman–Crippen MR) is 264 cm³/mol. The van der Waals surface area contributed by atoms with Crippen LogP contribution in [0.3, 0.4) is 0 Å². The van der Waals surface area contributed by atoms with Gasteiger partial charge in [-0.25, -0.2) is 13.1 Å². The molecule has 3 saturated heterocycles. The van der Waals surface area contributed by atoms with Crippen molar-refractivity contribution >= 4 is 55.4 Å². The number of likely N-dealkylation sites (tertiary alicyclic amines) is 1. The number of ether oxygens (including phenoxy) is 2. The number of carbonyl (C=O) groups excluding carboxylic acids is 1. The second-order valence-corrected chi connectivity index (χ2v) is 22.4. The quantitative estimate of drug-likeness (QED) is 0.0689. The molecule has 4 N–H and O–H groups in total. The summed E-state index contributed by atoms with van der Waals surface area (Å²) in [5.74, 6) is -0.309. The van der Waals surface area contributed by atoms with Crippen LogP contribution in [0.4, 0.5) is 28.4 Å². The third-order valence-electron chi connectivity index (χ3n) is 16.4. The van der Waals surface area contributed by atoms with Crippen LogP contribution in [0.2, 0.25) is 0 Å². The molecule has 364 valence electrons. The lowest BCUT2D eigenvalue weighted by Gasteiger charge is -2.56. The fourth-order valence-electron chi connectivity index (χ4n) is 12.4. The molecule has 6 heterocycles. The number of nitro benzene ring substituents is 1. The summed E-state index contributed by atoms with van der Waals surface area (Å²) in [5, 5.41) is 26.7. The maximum absolute atomic E-state index is 14.6. The number of nitrogens with one attached hydrogen (secondary N) is 3. The summed E-state index contributed by atoms with van der Waals surface area (Å²) < 4.78 is 42.9. The van der Waals surface area contributed by atoms with Gasteiger partial charge in [-0.3, -0.25) is 19.8 Å². The van der Waals surface area contributed by atoms with E-state index in [0.29, 0.717) is 73.0 Å². The van der Waals surface area contributed by atoms with Gasteiger partial charge in [0.05, 0.1) is 45.9 Å². The lowest BCUT2D eigenvalue weighted by molar-refractivity contribution is -0.384. The zero-order chi connectivity index (χ0) is 47.7. The summed E-state index contributed by atoms with van der Waals surface area (Å²) in [5.41, 5.74) is 5.08. The van der Waals surface area contributed by atoms with E-state index in [0.717, 1.165) is 68.9 Å². The van der Waals surface area contributed by atoms with E-state index in [-0.39, 0.29) is 23.2 Å². The zero-order valence-electron chi connectivity index (χ0n) is 39.4. The summed E-state index contributed by atoms with van der Waals surface area (Å²) >= 11 is 0. The number of nitro groups is 1. The van der Waals surface area contributed by atoms with E-state index in [2.05, 4.69) is 56.0 Å². The van der Waals surface area contributed by atoms with Gasteiger partial charge in [0.25, 0.3) is 21.6 Å². The molecule has 2 saturated carbocycles. The van der Waals surface area contributed by atoms with Crippen LogP contribution in [0.1, 0.15) is 106 Å². The fraction of sp³-hybridized carbons (Fsp3) is 0.500. The summed E-state index contributed by atoms with van der Waals surface area (Å²) in [6.45, 7) is 7.97. The van der Waals surface area contributed by atoms with E-state index in [1.165, 1.54) is 48.9 Å². The number of aliphatic hydroxyl groups is 1. The topological polar surface area (TPSA) is 196 Å². The zero-order valence-corrected chi connectivity index (χ0v) is 40.2. The minimum atomic E-state index is -4.61. The van der Waals surface area contributed by atoms with Gasteiger partial charge in [-0.05, 0) is 149 Å². The Morgan fingerprint density at radius 2 is 1.77 bits per heavy atom. The van der Waals surface area contributed by atoms with Crippen molar-refractivity contribution in [3.8, 4) is 5.88 Å². The van der Waals surface area contributed by atoms with Crippen molar-refractivity contribution in [2.45, 2.75) is 119 Å². The van der Waals surface area contributed by atoms with Crippen molar-refractivity contribution in [1.29, 1.82) is 0 Å². The Balaban J connectivity index is 0.858. The number of hydrogen-bond acceptors (Lipinski definition) is 13. The maximum Gasteiger partial charge on any atom is 0.293 e. The van der Waals surface area contributed by atoms with Gasteiger partial charge in [0.2, 0.25) is 5.88 Å². The number of benzene rings is 3. The number of fused-ring (bicyclic) bond motifs is 3. The van der Waals surface area contributed by atoms with Gasteiger partial charge in [0, 0.05) is 55.1 Å². The number of carbonyl (C=O) groups is 1. The lowest BCUT2D eigenvalue weighted by Crippen LogP contribution is -2.55. The minimum Gasteiger partial charge on any atom is -0.468 e. The van der Waals surface area contributed by atoms with Crippen LogP contribution in [0, 0.1) is 21.4 Å². The second-order valence-electron chi connectivity index (χ2n) is 20.7. The number of amides is 1. The number of piperidine rings is 1. The molecule has 6 aliphatic rings. The third-order valence-corrected chi connectivity index (χ3v) is 17.7. The fourth-order valence-corrected chi connectivity index (χ4v) is 13.4. The number of pyridine rings is 1. The molecule has 0 bridgehead atoms. The largest absolute Gasteiger partial charge is 0.468 e. The van der Waals surface area contributed by atoms with Crippen molar-refractivity contribution in [2.24, 2.45) is 11.3 Å². The SMILES string of the molecule is CCc1ccccc1[C@@H]1CCCN1C1CC2(CCN(c3ccc(C(=O)NS(=O)(=O)c4ccc(NCC5CCC(C)(O)CC5)c([N+](=O)[O-])c4)c(N4c5cc6cc[nH]c6nc5O[C@@H]5COC[C@@H]54)c3)CC2)C1. The molecule has 2 aliphatic carbocycles. The molecule has 16 nitrogen and oxygen atoms in total. The van der Waals surface area contributed by atoms with Gasteiger partial charge in [0.15, 0.2) is 0 Å². The average Bonchev–Trinajstić information content (AvgIpc) is 4.13.